The molecule has 2 radical (unpaired) electrons. The fourth-order valence-electron chi connectivity index (χ4n) is 0. The third-order valence-electron chi connectivity index (χ3n) is 0. The number of hydrogen-bond donors (Lipinski definition) is 0. The van der Waals surface area contributed by atoms with E-state index in [-0.39, 0.29) is 50.6 Å². The Morgan fingerprint density at radius 3 is 0.600 bits per heavy atom. The van der Waals surface area contributed by atoms with Gasteiger partial charge in [0.25, 0.3) is 0 Å². The summed E-state index contributed by atoms with van der Waals surface area (Å²) in [7, 11) is 0. The van der Waals surface area contributed by atoms with E-state index < -0.39 is 0 Å². The normalized spacial score (nSPS) is 0. The van der Waals surface area contributed by atoms with Gasteiger partial charge in [0, 0.05) is 0 Å². The molecule has 34 valence electrons. The average Bonchev–Trinajstić information content (AvgIpc) is 0. The zero-order valence-corrected chi connectivity index (χ0v) is 4.43. The van der Waals surface area contributed by atoms with Gasteiger partial charge in [0.1, 0.15) is 0 Å². The Labute approximate surface area is 51.0 Å². The van der Waals surface area contributed by atoms with Crippen molar-refractivity contribution in [2.24, 2.45) is 0 Å². The average molecular weight is 160 g/mol. The van der Waals surface area contributed by atoms with Crippen molar-refractivity contribution in [3.63, 3.8) is 0 Å². The first-order chi connectivity index (χ1) is 0. The predicted molar refractivity (Wildman–Crippen MR) is 4.99 cm³/mol. The third kappa shape index (κ3) is 49.6. The van der Waals surface area contributed by atoms with E-state index in [4.69, 9.17) is 0 Å². The molecule has 0 aromatic heterocycles. The van der Waals surface area contributed by atoms with Gasteiger partial charge in [-0.3, -0.25) is 0 Å². The first kappa shape index (κ1) is 170. The summed E-state index contributed by atoms with van der Waals surface area (Å²) in [5.41, 5.74) is 0. The molecule has 5 heteroatoms. The molecule has 0 fully saturated rings. The van der Waals surface area contributed by atoms with Crippen LogP contribution in [-0.4, -0.2) is 5.48 Å². The van der Waals surface area contributed by atoms with Crippen LogP contribution in [0.15, 0.2) is 0 Å². The molecule has 0 bridgehead atoms. The summed E-state index contributed by atoms with van der Waals surface area (Å²) in [4.78, 5) is 0. The molecular formula is H2Mn2O3. The van der Waals surface area contributed by atoms with E-state index in [1.807, 2.05) is 0 Å². The summed E-state index contributed by atoms with van der Waals surface area (Å²) in [6.07, 6.45) is 0. The Balaban J connectivity index is 0. The molecule has 5 heavy (non-hydrogen) atoms. The van der Waals surface area contributed by atoms with E-state index in [1.165, 1.54) is 0 Å². The molecular weight excluding hydrogens is 158 g/mol. The summed E-state index contributed by atoms with van der Waals surface area (Å²) in [6.45, 7) is 0. The van der Waals surface area contributed by atoms with Gasteiger partial charge in [-0.05, 0) is 0 Å². The zero-order valence-electron chi connectivity index (χ0n) is 2.07. The quantitative estimate of drug-likeness (QED) is 0.404. The SMILES string of the molecule is O.[Mn+2].[Mn+2].[O-2].[O-2]. The molecule has 2 N–H and O–H groups in total. The van der Waals surface area contributed by atoms with Crippen LogP contribution in [0.25, 0.3) is 0 Å². The summed E-state index contributed by atoms with van der Waals surface area (Å²) >= 11 is 0. The summed E-state index contributed by atoms with van der Waals surface area (Å²) in [5.74, 6) is 0. The van der Waals surface area contributed by atoms with Crippen molar-refractivity contribution in [3.05, 3.63) is 0 Å². The van der Waals surface area contributed by atoms with Crippen LogP contribution in [0, 0.1) is 0 Å². The second-order valence-corrected chi connectivity index (χ2v) is 0. The van der Waals surface area contributed by atoms with Crippen LogP contribution in [0.4, 0.5) is 0 Å². The van der Waals surface area contributed by atoms with Gasteiger partial charge >= 0.3 is 34.1 Å². The molecule has 0 aliphatic carbocycles. The van der Waals surface area contributed by atoms with E-state index in [2.05, 4.69) is 0 Å². The summed E-state index contributed by atoms with van der Waals surface area (Å²) in [6, 6.07) is 0. The first-order valence-corrected chi connectivity index (χ1v) is 0. The topological polar surface area (TPSA) is 88.5 Å². The van der Waals surface area contributed by atoms with Crippen LogP contribution < -0.4 is 0 Å². The van der Waals surface area contributed by atoms with E-state index in [0.717, 1.165) is 0 Å². The number of hydrogen-bond acceptors (Lipinski definition) is 0. The summed E-state index contributed by atoms with van der Waals surface area (Å²) in [5, 5.41) is 0. The monoisotopic (exact) mass is 160 g/mol. The van der Waals surface area contributed by atoms with Crippen LogP contribution >= 0.6 is 0 Å². The molecule has 0 aromatic carbocycles. The maximum atomic E-state index is 0. The van der Waals surface area contributed by atoms with Crippen molar-refractivity contribution in [2.75, 3.05) is 0 Å². The Bertz CT molecular complexity index is 4.85. The van der Waals surface area contributed by atoms with Crippen LogP contribution in [-0.2, 0) is 45.1 Å². The Morgan fingerprint density at radius 1 is 0.600 bits per heavy atom. The Kier molecular flexibility index (Phi) is 3030. The predicted octanol–water partition coefficient (Wildman–Crippen LogP) is -1.07. The molecule has 0 saturated carbocycles. The van der Waals surface area contributed by atoms with E-state index in [1.54, 1.807) is 0 Å². The van der Waals surface area contributed by atoms with Gasteiger partial charge < -0.3 is 16.4 Å². The van der Waals surface area contributed by atoms with Crippen molar-refractivity contribution >= 4 is 0 Å². The fraction of sp³-hybridized carbons (Fsp3) is 0. The zero-order chi connectivity index (χ0) is 0. The van der Waals surface area contributed by atoms with Crippen molar-refractivity contribution in [2.45, 2.75) is 0 Å². The minimum Gasteiger partial charge on any atom is -2.00 e. The molecule has 0 atom stereocenters. The minimum absolute atomic E-state index is 0. The first-order valence-electron chi connectivity index (χ1n) is 0. The minimum atomic E-state index is 0. The molecule has 0 aliphatic heterocycles. The van der Waals surface area contributed by atoms with Crippen LogP contribution in [0.2, 0.25) is 0 Å². The van der Waals surface area contributed by atoms with E-state index in [0.29, 0.717) is 0 Å². The fourth-order valence-corrected chi connectivity index (χ4v) is 0. The maximum Gasteiger partial charge on any atom is 2.00 e. The second kappa shape index (κ2) is 89.5. The largest absolute Gasteiger partial charge is 2.00 e. The maximum absolute atomic E-state index is 0. The molecule has 0 heterocycles. The van der Waals surface area contributed by atoms with E-state index >= 15 is 0 Å². The van der Waals surface area contributed by atoms with Gasteiger partial charge in [-0.25, -0.2) is 0 Å². The Morgan fingerprint density at radius 2 is 0.600 bits per heavy atom. The van der Waals surface area contributed by atoms with Crippen LogP contribution in [0.5, 0.6) is 0 Å². The molecule has 0 saturated heterocycles. The molecule has 0 unspecified atom stereocenters. The van der Waals surface area contributed by atoms with Gasteiger partial charge in [0.15, 0.2) is 0 Å². The van der Waals surface area contributed by atoms with Crippen molar-refractivity contribution in [3.8, 4) is 0 Å². The van der Waals surface area contributed by atoms with Crippen LogP contribution in [0.1, 0.15) is 0 Å². The smallest absolute Gasteiger partial charge is 2.00 e. The standard InChI is InChI=1S/2Mn.H2O.2O/h;;1H2;;/q2*+2;;2*-2. The molecule has 3 nitrogen and oxygen atoms in total. The molecule has 0 spiro atoms. The second-order valence-electron chi connectivity index (χ2n) is 0. The van der Waals surface area contributed by atoms with Gasteiger partial charge in [-0.1, -0.05) is 0 Å². The molecule has 0 aliphatic rings. The van der Waals surface area contributed by atoms with Gasteiger partial charge in [-0.2, -0.15) is 0 Å². The summed E-state index contributed by atoms with van der Waals surface area (Å²) < 4.78 is 0. The molecule has 0 aromatic rings. The van der Waals surface area contributed by atoms with E-state index in [9.17, 15) is 0 Å². The third-order valence-corrected chi connectivity index (χ3v) is 0. The molecule has 0 amide bonds. The van der Waals surface area contributed by atoms with Crippen LogP contribution in [0.3, 0.4) is 0 Å². The Hall–Kier alpha value is 0.919. The number of rotatable bonds is 0. The van der Waals surface area contributed by atoms with Crippen molar-refractivity contribution < 1.29 is 50.6 Å². The molecule has 0 rings (SSSR count). The van der Waals surface area contributed by atoms with Gasteiger partial charge in [-0.15, -0.1) is 0 Å². The van der Waals surface area contributed by atoms with Gasteiger partial charge in [0.2, 0.25) is 0 Å². The van der Waals surface area contributed by atoms with Crippen molar-refractivity contribution in [1.82, 2.24) is 0 Å². The van der Waals surface area contributed by atoms with Crippen molar-refractivity contribution in [1.29, 1.82) is 0 Å². The van der Waals surface area contributed by atoms with Gasteiger partial charge in [0.05, 0.1) is 0 Å².